The number of rotatable bonds is 29. The Bertz CT molecular complexity index is 1030. The molecule has 57 heavy (non-hydrogen) atoms. The highest BCUT2D eigenvalue weighted by Gasteiger charge is 2.21. The predicted octanol–water partition coefficient (Wildman–Crippen LogP) is 9.51. The zero-order valence-electron chi connectivity index (χ0n) is 39.0. The Hall–Kier alpha value is -2.86. The Labute approximate surface area is 348 Å². The highest BCUT2D eigenvalue weighted by atomic mass is 16.6. The van der Waals surface area contributed by atoms with Crippen molar-refractivity contribution >= 4 is 35.4 Å². The number of hydrogen-bond acceptors (Lipinski definition) is 12. The zero-order chi connectivity index (χ0) is 44.7. The van der Waals surface area contributed by atoms with Gasteiger partial charge in [-0.1, -0.05) is 107 Å². The summed E-state index contributed by atoms with van der Waals surface area (Å²) in [5.74, 6) is -0.238. The van der Waals surface area contributed by atoms with Crippen LogP contribution in [0.4, 0.5) is 0 Å². The van der Waals surface area contributed by atoms with Crippen LogP contribution in [0, 0.1) is 17.8 Å². The summed E-state index contributed by atoms with van der Waals surface area (Å²) in [6.07, 6.45) is 12.9. The Balaban J connectivity index is -0.000000787. The molecule has 0 saturated heterocycles. The third kappa shape index (κ3) is 47.4. The van der Waals surface area contributed by atoms with E-state index in [2.05, 4.69) is 20.8 Å². The van der Waals surface area contributed by atoms with Crippen LogP contribution in [0.5, 0.6) is 0 Å². The van der Waals surface area contributed by atoms with Gasteiger partial charge in [0.1, 0.15) is 18.0 Å². The fourth-order valence-electron chi connectivity index (χ4n) is 5.07. The lowest BCUT2D eigenvalue weighted by Crippen LogP contribution is -2.40. The first-order valence-corrected chi connectivity index (χ1v) is 21.8. The van der Waals surface area contributed by atoms with E-state index < -0.39 is 11.9 Å². The average Bonchev–Trinajstić information content (AvgIpc) is 3.14. The molecule has 0 bridgehead atoms. The van der Waals surface area contributed by atoms with Gasteiger partial charge < -0.3 is 28.5 Å². The van der Waals surface area contributed by atoms with Gasteiger partial charge in [-0.15, -0.1) is 0 Å². The molecule has 0 aromatic rings. The Morgan fingerprint density at radius 3 is 1.63 bits per heavy atom. The average molecular weight is 818 g/mol. The van der Waals surface area contributed by atoms with Crippen LogP contribution in [0.25, 0.3) is 0 Å². The molecule has 0 heterocycles. The van der Waals surface area contributed by atoms with E-state index in [1.54, 1.807) is 20.8 Å². The van der Waals surface area contributed by atoms with Crippen molar-refractivity contribution in [1.82, 2.24) is 4.90 Å². The maximum Gasteiger partial charge on any atom is 0.320 e. The van der Waals surface area contributed by atoms with E-state index in [1.165, 1.54) is 37.5 Å². The Morgan fingerprint density at radius 1 is 0.632 bits per heavy atom. The van der Waals surface area contributed by atoms with Gasteiger partial charge in [0, 0.05) is 26.4 Å². The van der Waals surface area contributed by atoms with Gasteiger partial charge >= 0.3 is 23.9 Å². The van der Waals surface area contributed by atoms with Crippen LogP contribution in [0.15, 0.2) is 0 Å². The maximum atomic E-state index is 12.6. The number of esters is 4. The van der Waals surface area contributed by atoms with Crippen molar-refractivity contribution in [2.75, 3.05) is 52.7 Å². The van der Waals surface area contributed by atoms with Gasteiger partial charge in [0.05, 0.1) is 39.5 Å². The molecule has 338 valence electrons. The van der Waals surface area contributed by atoms with E-state index in [0.29, 0.717) is 37.9 Å². The smallest absolute Gasteiger partial charge is 0.320 e. The molecular weight excluding hydrogens is 730 g/mol. The van der Waals surface area contributed by atoms with Crippen molar-refractivity contribution < 1.29 is 52.5 Å². The standard InChI is InChI=1S/C33H61NO8.C6H12O2.C4H8O.C2H6/c1-7-11-12-13-14-17-20-39-26-30(35)21-34(22-32(37)40-10-4)23-33(38)41-24-27(5)18-15-16-19-29(28(6)8-2)25-42-31(36)9-3;1-5(7)8-6(2,3)4;1-3-4(2)5;1-2/h27-29H,7-26H2,1-6H3;1-4H3;3H2,1-2H3;1-2H3. The molecule has 3 atom stereocenters. The number of carbonyl (C=O) groups is 6. The normalized spacial score (nSPS) is 12.2. The first-order valence-electron chi connectivity index (χ1n) is 21.8. The van der Waals surface area contributed by atoms with Gasteiger partial charge in [-0.2, -0.15) is 0 Å². The first kappa shape index (κ1) is 60.8. The number of ketones is 2. The number of carbonyl (C=O) groups excluding carboxylic acids is 6. The molecule has 0 aromatic carbocycles. The summed E-state index contributed by atoms with van der Waals surface area (Å²) in [7, 11) is 0. The second-order valence-electron chi connectivity index (χ2n) is 15.3. The lowest BCUT2D eigenvalue weighted by Gasteiger charge is -2.23. The SMILES string of the molecule is CC.CC(=O)OC(C)(C)C.CCC(C)=O.CCCCCCCCOCC(=O)CN(CC(=O)OCC)CC(=O)OCC(C)CCCCC(COC(=O)CC)C(C)CC. The number of ether oxygens (including phenoxy) is 5. The molecule has 0 N–H and O–H groups in total. The van der Waals surface area contributed by atoms with E-state index in [9.17, 15) is 28.8 Å². The molecule has 0 rings (SSSR count). The Morgan fingerprint density at radius 2 is 1.16 bits per heavy atom. The highest BCUT2D eigenvalue weighted by molar-refractivity contribution is 5.83. The molecule has 0 spiro atoms. The molecule has 0 saturated carbocycles. The van der Waals surface area contributed by atoms with E-state index in [-0.39, 0.29) is 74.5 Å². The fraction of sp³-hybridized carbons (Fsp3) is 0.867. The quantitative estimate of drug-likeness (QED) is 0.0402. The number of unbranched alkanes of at least 4 members (excludes halogenated alkanes) is 6. The third-order valence-electron chi connectivity index (χ3n) is 8.51. The summed E-state index contributed by atoms with van der Waals surface area (Å²) in [5, 5.41) is 0. The van der Waals surface area contributed by atoms with Gasteiger partial charge in [-0.05, 0) is 71.6 Å². The topological polar surface area (TPSA) is 152 Å². The molecule has 0 aliphatic rings. The Kier molecular flexibility index (Phi) is 44.1. The minimum absolute atomic E-state index is 0.0424. The summed E-state index contributed by atoms with van der Waals surface area (Å²) >= 11 is 0. The van der Waals surface area contributed by atoms with Gasteiger partial charge in [0.15, 0.2) is 5.78 Å². The lowest BCUT2D eigenvalue weighted by atomic mass is 9.87. The van der Waals surface area contributed by atoms with Crippen molar-refractivity contribution in [1.29, 1.82) is 0 Å². The van der Waals surface area contributed by atoms with Gasteiger partial charge in [0.2, 0.25) is 0 Å². The lowest BCUT2D eigenvalue weighted by molar-refractivity contribution is -0.152. The molecule has 0 radical (unpaired) electrons. The van der Waals surface area contributed by atoms with E-state index in [1.807, 2.05) is 48.5 Å². The summed E-state index contributed by atoms with van der Waals surface area (Å²) in [6, 6.07) is 0. The summed E-state index contributed by atoms with van der Waals surface area (Å²) < 4.78 is 26.2. The maximum absolute atomic E-state index is 12.6. The molecule has 0 amide bonds. The molecule has 0 aliphatic carbocycles. The molecule has 0 fully saturated rings. The van der Waals surface area contributed by atoms with Crippen LogP contribution in [-0.2, 0) is 52.5 Å². The fourth-order valence-corrected chi connectivity index (χ4v) is 5.07. The minimum atomic E-state index is -0.486. The molecule has 12 nitrogen and oxygen atoms in total. The van der Waals surface area contributed by atoms with Crippen molar-refractivity contribution in [3.63, 3.8) is 0 Å². The number of hydrogen-bond donors (Lipinski definition) is 0. The number of Topliss-reactive ketones (excluding diaryl/α,β-unsaturated/α-hetero) is 2. The highest BCUT2D eigenvalue weighted by Crippen LogP contribution is 2.23. The van der Waals surface area contributed by atoms with Crippen molar-refractivity contribution in [3.05, 3.63) is 0 Å². The van der Waals surface area contributed by atoms with E-state index in [4.69, 9.17) is 23.7 Å². The minimum Gasteiger partial charge on any atom is -0.465 e. The van der Waals surface area contributed by atoms with Crippen LogP contribution in [0.2, 0.25) is 0 Å². The second-order valence-corrected chi connectivity index (χ2v) is 15.3. The van der Waals surface area contributed by atoms with Crippen LogP contribution < -0.4 is 0 Å². The summed E-state index contributed by atoms with van der Waals surface area (Å²) in [4.78, 5) is 70.2. The van der Waals surface area contributed by atoms with Crippen LogP contribution in [0.1, 0.15) is 180 Å². The predicted molar refractivity (Wildman–Crippen MR) is 229 cm³/mol. The second kappa shape index (κ2) is 41.3. The van der Waals surface area contributed by atoms with Crippen LogP contribution in [0.3, 0.4) is 0 Å². The van der Waals surface area contributed by atoms with E-state index in [0.717, 1.165) is 44.9 Å². The zero-order valence-corrected chi connectivity index (χ0v) is 39.0. The van der Waals surface area contributed by atoms with Crippen molar-refractivity contribution in [3.8, 4) is 0 Å². The third-order valence-corrected chi connectivity index (χ3v) is 8.51. The molecule has 0 aromatic heterocycles. The number of nitrogens with zero attached hydrogens (tertiary/aromatic N) is 1. The molecule has 3 unspecified atom stereocenters. The molecule has 0 aliphatic heterocycles. The van der Waals surface area contributed by atoms with Gasteiger partial charge in [-0.25, -0.2) is 0 Å². The molecule has 12 heteroatoms. The summed E-state index contributed by atoms with van der Waals surface area (Å²) in [6.45, 7) is 27.5. The monoisotopic (exact) mass is 818 g/mol. The van der Waals surface area contributed by atoms with Crippen LogP contribution in [-0.4, -0.2) is 98.6 Å². The van der Waals surface area contributed by atoms with Crippen LogP contribution >= 0.6 is 0 Å². The van der Waals surface area contributed by atoms with Gasteiger partial charge in [-0.3, -0.25) is 28.9 Å². The molecular formula is C45H87NO11. The van der Waals surface area contributed by atoms with Gasteiger partial charge in [0.25, 0.3) is 0 Å². The summed E-state index contributed by atoms with van der Waals surface area (Å²) in [5.41, 5.74) is -0.328. The first-order chi connectivity index (χ1) is 26.8. The van der Waals surface area contributed by atoms with E-state index >= 15 is 0 Å². The largest absolute Gasteiger partial charge is 0.465 e. The van der Waals surface area contributed by atoms with Crippen molar-refractivity contribution in [2.24, 2.45) is 17.8 Å². The van der Waals surface area contributed by atoms with Crippen molar-refractivity contribution in [2.45, 2.75) is 186 Å².